The van der Waals surface area contributed by atoms with E-state index in [-0.39, 0.29) is 0 Å². The second-order valence-corrected chi connectivity index (χ2v) is 8.30. The van der Waals surface area contributed by atoms with Crippen molar-refractivity contribution in [2.45, 2.75) is 27.7 Å². The van der Waals surface area contributed by atoms with Crippen molar-refractivity contribution in [2.24, 2.45) is 0 Å². The van der Waals surface area contributed by atoms with Crippen LogP contribution < -0.4 is 14.2 Å². The van der Waals surface area contributed by atoms with E-state index in [0.717, 1.165) is 66.3 Å². The predicted molar refractivity (Wildman–Crippen MR) is 143 cm³/mol. The lowest BCUT2D eigenvalue weighted by molar-refractivity contribution is 0.336. The molecule has 0 aliphatic heterocycles. The number of rotatable bonds is 7. The van der Waals surface area contributed by atoms with Gasteiger partial charge in [-0.15, -0.1) is 0 Å². The van der Waals surface area contributed by atoms with Gasteiger partial charge in [0.15, 0.2) is 0 Å². The van der Waals surface area contributed by atoms with Crippen LogP contribution in [0, 0.1) is 6.92 Å². The summed E-state index contributed by atoms with van der Waals surface area (Å²) in [5.74, 6) is 2.75. The van der Waals surface area contributed by atoms with Crippen LogP contribution in [0.5, 0.6) is 17.2 Å². The fourth-order valence-electron chi connectivity index (χ4n) is 5.08. The standard InChI is InChI=1S/C31H30O3/c1-5-32-29-20(4)27(31(34-7-3)26-19-13-12-18-25(26)29)28-21-14-8-10-16-23(21)30(33-6-2)24-17-11-9-15-22(24)28/h8-19H,5-7H2,1-4H3. The second kappa shape index (κ2) is 9.26. The fraction of sp³-hybridized carbons (Fsp3) is 0.226. The minimum Gasteiger partial charge on any atom is -0.493 e. The summed E-state index contributed by atoms with van der Waals surface area (Å²) in [5.41, 5.74) is 3.32. The topological polar surface area (TPSA) is 27.7 Å². The molecule has 0 spiro atoms. The molecule has 5 aromatic carbocycles. The van der Waals surface area contributed by atoms with E-state index in [4.69, 9.17) is 14.2 Å². The number of hydrogen-bond acceptors (Lipinski definition) is 3. The molecular weight excluding hydrogens is 420 g/mol. The minimum absolute atomic E-state index is 0.581. The SMILES string of the molecule is CCOc1c(C)c(-c2c3ccccc3c(OCC)c3ccccc23)c(OCC)c2ccccc12. The molecule has 0 atom stereocenters. The molecule has 0 bridgehead atoms. The van der Waals surface area contributed by atoms with Crippen LogP contribution in [0.2, 0.25) is 0 Å². The maximum Gasteiger partial charge on any atom is 0.135 e. The van der Waals surface area contributed by atoms with Gasteiger partial charge < -0.3 is 14.2 Å². The molecule has 0 aliphatic rings. The molecule has 5 rings (SSSR count). The van der Waals surface area contributed by atoms with Gasteiger partial charge in [0.2, 0.25) is 0 Å². The summed E-state index contributed by atoms with van der Waals surface area (Å²) in [4.78, 5) is 0. The van der Waals surface area contributed by atoms with E-state index in [1.807, 2.05) is 20.8 Å². The van der Waals surface area contributed by atoms with E-state index in [2.05, 4.69) is 79.7 Å². The molecule has 0 aromatic heterocycles. The number of hydrogen-bond donors (Lipinski definition) is 0. The highest BCUT2D eigenvalue weighted by molar-refractivity contribution is 6.19. The normalized spacial score (nSPS) is 11.3. The van der Waals surface area contributed by atoms with Gasteiger partial charge in [0.05, 0.1) is 19.8 Å². The van der Waals surface area contributed by atoms with E-state index >= 15 is 0 Å². The minimum atomic E-state index is 0.581. The molecule has 0 unspecified atom stereocenters. The Bertz CT molecular complexity index is 1440. The Labute approximate surface area is 200 Å². The van der Waals surface area contributed by atoms with Crippen LogP contribution in [0.25, 0.3) is 43.4 Å². The van der Waals surface area contributed by atoms with E-state index in [1.165, 1.54) is 0 Å². The fourth-order valence-corrected chi connectivity index (χ4v) is 5.08. The van der Waals surface area contributed by atoms with E-state index in [1.54, 1.807) is 0 Å². The maximum absolute atomic E-state index is 6.41. The Morgan fingerprint density at radius 2 is 0.794 bits per heavy atom. The predicted octanol–water partition coefficient (Wildman–Crippen LogP) is 8.32. The van der Waals surface area contributed by atoms with Gasteiger partial charge in [-0.25, -0.2) is 0 Å². The van der Waals surface area contributed by atoms with Crippen molar-refractivity contribution in [1.82, 2.24) is 0 Å². The molecule has 0 aliphatic carbocycles. The molecular formula is C31H30O3. The Morgan fingerprint density at radius 3 is 1.26 bits per heavy atom. The van der Waals surface area contributed by atoms with E-state index < -0.39 is 0 Å². The van der Waals surface area contributed by atoms with Crippen molar-refractivity contribution in [3.63, 3.8) is 0 Å². The summed E-state index contributed by atoms with van der Waals surface area (Å²) >= 11 is 0. The monoisotopic (exact) mass is 450 g/mol. The first kappa shape index (κ1) is 22.1. The highest BCUT2D eigenvalue weighted by atomic mass is 16.5. The molecule has 34 heavy (non-hydrogen) atoms. The van der Waals surface area contributed by atoms with Gasteiger partial charge in [-0.3, -0.25) is 0 Å². The van der Waals surface area contributed by atoms with Crippen molar-refractivity contribution in [3.8, 4) is 28.4 Å². The molecule has 0 saturated carbocycles. The zero-order valence-corrected chi connectivity index (χ0v) is 20.3. The summed E-state index contributed by atoms with van der Waals surface area (Å²) in [7, 11) is 0. The number of ether oxygens (including phenoxy) is 3. The first-order valence-electron chi connectivity index (χ1n) is 12.1. The third-order valence-electron chi connectivity index (χ3n) is 6.36. The molecule has 3 heteroatoms. The van der Waals surface area contributed by atoms with Crippen molar-refractivity contribution in [1.29, 1.82) is 0 Å². The highest BCUT2D eigenvalue weighted by Gasteiger charge is 2.24. The molecule has 0 heterocycles. The first-order valence-corrected chi connectivity index (χ1v) is 12.1. The molecule has 5 aromatic rings. The summed E-state index contributed by atoms with van der Waals surface area (Å²) in [6.07, 6.45) is 0. The summed E-state index contributed by atoms with van der Waals surface area (Å²) in [5, 5.41) is 6.64. The summed E-state index contributed by atoms with van der Waals surface area (Å²) < 4.78 is 18.9. The molecule has 0 amide bonds. The van der Waals surface area contributed by atoms with Crippen LogP contribution in [0.1, 0.15) is 26.3 Å². The van der Waals surface area contributed by atoms with Gasteiger partial charge in [-0.2, -0.15) is 0 Å². The van der Waals surface area contributed by atoms with Crippen LogP contribution in [0.4, 0.5) is 0 Å². The lowest BCUT2D eigenvalue weighted by atomic mass is 9.86. The van der Waals surface area contributed by atoms with E-state index in [9.17, 15) is 0 Å². The lowest BCUT2D eigenvalue weighted by Gasteiger charge is -2.23. The van der Waals surface area contributed by atoms with Crippen LogP contribution >= 0.6 is 0 Å². The highest BCUT2D eigenvalue weighted by Crippen LogP contribution is 2.51. The Balaban J connectivity index is 2.03. The van der Waals surface area contributed by atoms with Crippen LogP contribution in [0.3, 0.4) is 0 Å². The Kier molecular flexibility index (Phi) is 6.02. The third-order valence-corrected chi connectivity index (χ3v) is 6.36. The molecule has 0 saturated heterocycles. The van der Waals surface area contributed by atoms with Crippen molar-refractivity contribution < 1.29 is 14.2 Å². The molecule has 3 nitrogen and oxygen atoms in total. The zero-order valence-electron chi connectivity index (χ0n) is 20.3. The summed E-state index contributed by atoms with van der Waals surface area (Å²) in [6, 6.07) is 25.4. The van der Waals surface area contributed by atoms with E-state index in [0.29, 0.717) is 19.8 Å². The molecule has 0 N–H and O–H groups in total. The van der Waals surface area contributed by atoms with Gasteiger partial charge in [0.25, 0.3) is 0 Å². The second-order valence-electron chi connectivity index (χ2n) is 8.30. The number of benzene rings is 5. The van der Waals surface area contributed by atoms with Crippen molar-refractivity contribution >= 4 is 32.3 Å². The van der Waals surface area contributed by atoms with Crippen LogP contribution in [-0.2, 0) is 0 Å². The zero-order chi connectivity index (χ0) is 23.7. The molecule has 0 radical (unpaired) electrons. The van der Waals surface area contributed by atoms with Crippen LogP contribution in [-0.4, -0.2) is 19.8 Å². The van der Waals surface area contributed by atoms with Gasteiger partial charge in [0.1, 0.15) is 17.2 Å². The van der Waals surface area contributed by atoms with Gasteiger partial charge in [-0.1, -0.05) is 72.8 Å². The van der Waals surface area contributed by atoms with Gasteiger partial charge >= 0.3 is 0 Å². The largest absolute Gasteiger partial charge is 0.493 e. The molecule has 0 fully saturated rings. The average molecular weight is 451 g/mol. The quantitative estimate of drug-likeness (QED) is 0.233. The first-order chi connectivity index (χ1) is 16.7. The third kappa shape index (κ3) is 3.43. The molecule has 172 valence electrons. The van der Waals surface area contributed by atoms with Crippen LogP contribution in [0.15, 0.2) is 72.8 Å². The number of fused-ring (bicyclic) bond motifs is 3. The summed E-state index contributed by atoms with van der Waals surface area (Å²) in [6.45, 7) is 10.0. The lowest BCUT2D eigenvalue weighted by Crippen LogP contribution is -2.03. The maximum atomic E-state index is 6.41. The Morgan fingerprint density at radius 1 is 0.441 bits per heavy atom. The average Bonchev–Trinajstić information content (AvgIpc) is 2.87. The smallest absolute Gasteiger partial charge is 0.135 e. The van der Waals surface area contributed by atoms with Gasteiger partial charge in [0, 0.05) is 38.2 Å². The van der Waals surface area contributed by atoms with Crippen molar-refractivity contribution in [2.75, 3.05) is 19.8 Å². The van der Waals surface area contributed by atoms with Gasteiger partial charge in [-0.05, 0) is 38.5 Å². The van der Waals surface area contributed by atoms with Crippen molar-refractivity contribution in [3.05, 3.63) is 78.4 Å². The Hall–Kier alpha value is -3.72.